The molecule has 3 N–H and O–H groups in total. The van der Waals surface area contributed by atoms with E-state index in [1.54, 1.807) is 18.2 Å². The van der Waals surface area contributed by atoms with Crippen LogP contribution in [0.1, 0.15) is 48.2 Å². The van der Waals surface area contributed by atoms with Crippen molar-refractivity contribution in [3.8, 4) is 5.75 Å². The summed E-state index contributed by atoms with van der Waals surface area (Å²) in [5, 5.41) is 2.81. The number of halogens is 1. The second kappa shape index (κ2) is 11.5. The van der Waals surface area contributed by atoms with Crippen LogP contribution in [-0.4, -0.2) is 24.3 Å². The molecule has 0 aliphatic carbocycles. The Kier molecular flexibility index (Phi) is 9.05. The van der Waals surface area contributed by atoms with E-state index in [9.17, 15) is 14.4 Å². The summed E-state index contributed by atoms with van der Waals surface area (Å²) in [7, 11) is 0. The summed E-state index contributed by atoms with van der Waals surface area (Å²) in [5.41, 5.74) is 7.71. The minimum absolute atomic E-state index is 0.00524. The van der Waals surface area contributed by atoms with Crippen LogP contribution in [0.15, 0.2) is 40.9 Å². The number of hydrogen-bond acceptors (Lipinski definition) is 4. The van der Waals surface area contributed by atoms with Crippen LogP contribution in [0.25, 0.3) is 0 Å². The molecule has 0 heterocycles. The molecule has 2 aromatic rings. The Labute approximate surface area is 191 Å². The molecule has 2 rings (SSSR count). The number of amides is 3. The van der Waals surface area contributed by atoms with Gasteiger partial charge in [0.2, 0.25) is 11.8 Å². The molecule has 166 valence electrons. The van der Waals surface area contributed by atoms with Crippen molar-refractivity contribution in [1.82, 2.24) is 10.9 Å². The Balaban J connectivity index is 1.85. The number of ether oxygens (including phenoxy) is 1. The van der Waals surface area contributed by atoms with Gasteiger partial charge in [-0.3, -0.25) is 25.2 Å². The predicted octanol–water partition coefficient (Wildman–Crippen LogP) is 4.28. The van der Waals surface area contributed by atoms with E-state index >= 15 is 0 Å². The highest BCUT2D eigenvalue weighted by atomic mass is 79.9. The molecule has 0 unspecified atom stereocenters. The first-order valence-electron chi connectivity index (χ1n) is 10.0. The molecule has 0 saturated carbocycles. The summed E-state index contributed by atoms with van der Waals surface area (Å²) >= 11 is 3.33. The van der Waals surface area contributed by atoms with Gasteiger partial charge in [0, 0.05) is 23.0 Å². The molecular weight excluding hydrogens is 462 g/mol. The molecule has 2 aromatic carbocycles. The van der Waals surface area contributed by atoms with Gasteiger partial charge < -0.3 is 10.1 Å². The lowest BCUT2D eigenvalue weighted by molar-refractivity contribution is -0.124. The van der Waals surface area contributed by atoms with Crippen molar-refractivity contribution >= 4 is 39.3 Å². The molecule has 0 fully saturated rings. The van der Waals surface area contributed by atoms with E-state index in [0.29, 0.717) is 28.3 Å². The Bertz CT molecular complexity index is 960. The zero-order valence-electron chi connectivity index (χ0n) is 18.2. The van der Waals surface area contributed by atoms with Crippen LogP contribution in [0.3, 0.4) is 0 Å². The molecule has 0 spiro atoms. The molecule has 31 heavy (non-hydrogen) atoms. The van der Waals surface area contributed by atoms with Crippen molar-refractivity contribution < 1.29 is 19.1 Å². The van der Waals surface area contributed by atoms with Gasteiger partial charge in [-0.25, -0.2) is 0 Å². The minimum atomic E-state index is -0.506. The lowest BCUT2D eigenvalue weighted by Gasteiger charge is -2.14. The van der Waals surface area contributed by atoms with E-state index in [2.05, 4.69) is 32.1 Å². The Hall–Kier alpha value is -2.87. The van der Waals surface area contributed by atoms with E-state index in [0.717, 1.165) is 16.8 Å². The van der Waals surface area contributed by atoms with E-state index in [1.165, 1.54) is 0 Å². The number of nitrogens with one attached hydrogen (secondary N) is 3. The summed E-state index contributed by atoms with van der Waals surface area (Å²) in [6, 6.07) is 10.9. The standard InChI is InChI=1S/C23H28BrN3O4/c1-14(2)13-31-20-8-7-17(24)12-18(20)23(30)27-26-22(29)10-9-21(28)25-19-11-15(3)5-6-16(19)4/h5-8,11-12,14H,9-10,13H2,1-4H3,(H,25,28)(H,26,29)(H,27,30). The molecular formula is C23H28BrN3O4. The third-order valence-corrected chi connectivity index (χ3v) is 4.81. The number of hydrazine groups is 1. The van der Waals surface area contributed by atoms with Crippen LogP contribution in [-0.2, 0) is 9.59 Å². The molecule has 0 bridgehead atoms. The van der Waals surface area contributed by atoms with Crippen molar-refractivity contribution in [1.29, 1.82) is 0 Å². The second-order valence-corrected chi connectivity index (χ2v) is 8.63. The molecule has 7 nitrogen and oxygen atoms in total. The topological polar surface area (TPSA) is 96.5 Å². The lowest BCUT2D eigenvalue weighted by Crippen LogP contribution is -2.42. The average Bonchev–Trinajstić information content (AvgIpc) is 2.72. The van der Waals surface area contributed by atoms with Crippen molar-refractivity contribution in [3.05, 3.63) is 57.6 Å². The maximum absolute atomic E-state index is 12.5. The maximum Gasteiger partial charge on any atom is 0.273 e. The highest BCUT2D eigenvalue weighted by molar-refractivity contribution is 9.10. The Morgan fingerprint density at radius 1 is 0.968 bits per heavy atom. The SMILES string of the molecule is Cc1ccc(C)c(NC(=O)CCC(=O)NNC(=O)c2cc(Br)ccc2OCC(C)C)c1. The highest BCUT2D eigenvalue weighted by Gasteiger charge is 2.15. The molecule has 0 atom stereocenters. The van der Waals surface area contributed by atoms with Crippen LogP contribution < -0.4 is 20.9 Å². The molecule has 0 radical (unpaired) electrons. The van der Waals surface area contributed by atoms with Gasteiger partial charge in [-0.2, -0.15) is 0 Å². The maximum atomic E-state index is 12.5. The molecule has 8 heteroatoms. The van der Waals surface area contributed by atoms with Crippen LogP contribution in [0.4, 0.5) is 5.69 Å². The Morgan fingerprint density at radius 3 is 2.39 bits per heavy atom. The summed E-state index contributed by atoms with van der Waals surface area (Å²) in [4.78, 5) is 36.7. The number of aryl methyl sites for hydroxylation is 2. The van der Waals surface area contributed by atoms with Gasteiger partial charge in [-0.15, -0.1) is 0 Å². The first-order chi connectivity index (χ1) is 14.7. The van der Waals surface area contributed by atoms with Crippen molar-refractivity contribution in [3.63, 3.8) is 0 Å². The van der Waals surface area contributed by atoms with E-state index in [4.69, 9.17) is 4.74 Å². The predicted molar refractivity (Wildman–Crippen MR) is 124 cm³/mol. The zero-order valence-corrected chi connectivity index (χ0v) is 19.8. The van der Waals surface area contributed by atoms with E-state index < -0.39 is 11.8 Å². The van der Waals surface area contributed by atoms with Crippen LogP contribution in [0, 0.1) is 19.8 Å². The minimum Gasteiger partial charge on any atom is -0.492 e. The summed E-state index contributed by atoms with van der Waals surface area (Å²) in [5.74, 6) is -0.519. The quantitative estimate of drug-likeness (QED) is 0.482. The number of rotatable bonds is 8. The van der Waals surface area contributed by atoms with Gasteiger partial charge >= 0.3 is 0 Å². The van der Waals surface area contributed by atoms with Gasteiger partial charge in [0.25, 0.3) is 5.91 Å². The Morgan fingerprint density at radius 2 is 1.68 bits per heavy atom. The lowest BCUT2D eigenvalue weighted by atomic mass is 10.1. The number of carbonyl (C=O) groups is 3. The molecule has 0 aliphatic heterocycles. The largest absolute Gasteiger partial charge is 0.492 e. The number of hydrogen-bond donors (Lipinski definition) is 3. The molecule has 0 saturated heterocycles. The van der Waals surface area contributed by atoms with E-state index in [-0.39, 0.29) is 18.7 Å². The third-order valence-electron chi connectivity index (χ3n) is 4.32. The van der Waals surface area contributed by atoms with Crippen LogP contribution >= 0.6 is 15.9 Å². The fourth-order valence-corrected chi connectivity index (χ4v) is 2.99. The fourth-order valence-electron chi connectivity index (χ4n) is 2.63. The zero-order chi connectivity index (χ0) is 23.0. The molecule has 0 aliphatic rings. The van der Waals surface area contributed by atoms with Crippen LogP contribution in [0.2, 0.25) is 0 Å². The van der Waals surface area contributed by atoms with E-state index in [1.807, 2.05) is 45.9 Å². The normalized spacial score (nSPS) is 10.5. The molecule has 0 aromatic heterocycles. The van der Waals surface area contributed by atoms with Crippen molar-refractivity contribution in [2.45, 2.75) is 40.5 Å². The van der Waals surface area contributed by atoms with Crippen molar-refractivity contribution in [2.24, 2.45) is 5.92 Å². The number of anilines is 1. The van der Waals surface area contributed by atoms with Crippen molar-refractivity contribution in [2.75, 3.05) is 11.9 Å². The fraction of sp³-hybridized carbons (Fsp3) is 0.348. The molecule has 3 amide bonds. The summed E-state index contributed by atoms with van der Waals surface area (Å²) in [6.45, 7) is 8.32. The first-order valence-corrected chi connectivity index (χ1v) is 10.8. The van der Waals surface area contributed by atoms with Gasteiger partial charge in [-0.1, -0.05) is 41.9 Å². The summed E-state index contributed by atoms with van der Waals surface area (Å²) in [6.07, 6.45) is -0.0686. The monoisotopic (exact) mass is 489 g/mol. The van der Waals surface area contributed by atoms with Gasteiger partial charge in [0.05, 0.1) is 12.2 Å². The van der Waals surface area contributed by atoms with Gasteiger partial charge in [0.1, 0.15) is 5.75 Å². The number of carbonyl (C=O) groups excluding carboxylic acids is 3. The smallest absolute Gasteiger partial charge is 0.273 e. The summed E-state index contributed by atoms with van der Waals surface area (Å²) < 4.78 is 6.40. The number of benzene rings is 2. The van der Waals surface area contributed by atoms with Gasteiger partial charge in [0.15, 0.2) is 0 Å². The highest BCUT2D eigenvalue weighted by Crippen LogP contribution is 2.23. The first kappa shape index (κ1) is 24.4. The average molecular weight is 490 g/mol. The second-order valence-electron chi connectivity index (χ2n) is 7.71. The van der Waals surface area contributed by atoms with Crippen LogP contribution in [0.5, 0.6) is 5.75 Å². The third kappa shape index (κ3) is 8.05. The van der Waals surface area contributed by atoms with Gasteiger partial charge in [-0.05, 0) is 55.2 Å².